The van der Waals surface area contributed by atoms with E-state index in [1.54, 1.807) is 0 Å². The molecule has 2 aliphatic rings. The highest BCUT2D eigenvalue weighted by molar-refractivity contribution is 8.30. The van der Waals surface area contributed by atoms with Gasteiger partial charge in [0.25, 0.3) is 11.8 Å². The number of hydrogen-bond acceptors (Lipinski definition) is 8. The van der Waals surface area contributed by atoms with Crippen LogP contribution in [0.25, 0.3) is 0 Å². The van der Waals surface area contributed by atoms with Crippen LogP contribution in [0.15, 0.2) is 58.3 Å². The fourth-order valence-corrected chi connectivity index (χ4v) is 5.71. The van der Waals surface area contributed by atoms with Gasteiger partial charge in [-0.1, -0.05) is 48.0 Å². The average Bonchev–Trinajstić information content (AvgIpc) is 3.22. The summed E-state index contributed by atoms with van der Waals surface area (Å²) in [6.07, 6.45) is 0. The molecule has 2 aromatic carbocycles. The van der Waals surface area contributed by atoms with Gasteiger partial charge in [0.05, 0.1) is 32.3 Å². The zero-order valence-corrected chi connectivity index (χ0v) is 18.9. The van der Waals surface area contributed by atoms with E-state index in [1.165, 1.54) is 58.3 Å². The van der Waals surface area contributed by atoms with Gasteiger partial charge in [-0.2, -0.15) is 0 Å². The van der Waals surface area contributed by atoms with E-state index in [0.717, 1.165) is 23.5 Å². The monoisotopic (exact) mass is 502 g/mol. The van der Waals surface area contributed by atoms with Crippen molar-refractivity contribution in [2.24, 2.45) is 0 Å². The molecule has 2 aliphatic heterocycles. The lowest BCUT2D eigenvalue weighted by atomic mass is 10.2. The molecule has 2 aromatic rings. The molecule has 4 rings (SSSR count). The Labute approximate surface area is 199 Å². The molecule has 0 saturated carbocycles. The van der Waals surface area contributed by atoms with E-state index in [-0.39, 0.29) is 29.6 Å². The van der Waals surface area contributed by atoms with Crippen LogP contribution in [-0.2, 0) is 9.59 Å². The predicted molar refractivity (Wildman–Crippen MR) is 129 cm³/mol. The highest BCUT2D eigenvalue weighted by Crippen LogP contribution is 2.44. The lowest BCUT2D eigenvalue weighted by molar-refractivity contribution is -0.115. The molecule has 0 spiro atoms. The Morgan fingerprint density at radius 3 is 1.25 bits per heavy atom. The number of thiocarbonyl (C=S) groups is 2. The first kappa shape index (κ1) is 22.1. The van der Waals surface area contributed by atoms with E-state index in [9.17, 15) is 19.2 Å². The molecule has 0 aliphatic carbocycles. The number of carbonyl (C=O) groups excluding carboxylic acids is 2. The fourth-order valence-electron chi connectivity index (χ4n) is 2.96. The number of thioether (sulfide) groups is 2. The molecular weight excluding hydrogens is 492 g/mol. The molecule has 160 valence electrons. The number of carbonyl (C=O) groups is 4. The van der Waals surface area contributed by atoms with Crippen LogP contribution < -0.4 is 9.80 Å². The van der Waals surface area contributed by atoms with Crippen molar-refractivity contribution >= 4 is 91.7 Å². The Morgan fingerprint density at radius 2 is 0.969 bits per heavy atom. The number of carboxylic acid groups (broad SMARTS) is 2. The maximum absolute atomic E-state index is 13.1. The molecule has 2 amide bonds. The third-order valence-electron chi connectivity index (χ3n) is 4.49. The van der Waals surface area contributed by atoms with Crippen molar-refractivity contribution in [3.8, 4) is 0 Å². The van der Waals surface area contributed by atoms with Gasteiger partial charge < -0.3 is 10.2 Å². The van der Waals surface area contributed by atoms with Crippen LogP contribution in [0.3, 0.4) is 0 Å². The Balaban J connectivity index is 1.65. The standard InChI is InChI=1S/C20H10N2O6S4/c23-15-13(31-19(29)21(15)11-5-1-9(2-6-11)17(25)26)14-16(24)22(20(30)32-14)12-7-3-10(4-8-12)18(27)28/h1-8H,(H,25,26)(H,27,28). The minimum atomic E-state index is -1.10. The second-order valence-electron chi connectivity index (χ2n) is 6.38. The molecule has 2 N–H and O–H groups in total. The summed E-state index contributed by atoms with van der Waals surface area (Å²) in [7, 11) is 0. The first-order valence-corrected chi connectivity index (χ1v) is 11.2. The lowest BCUT2D eigenvalue weighted by Gasteiger charge is -2.15. The molecule has 0 unspecified atom stereocenters. The minimum Gasteiger partial charge on any atom is -0.478 e. The third kappa shape index (κ3) is 3.81. The molecule has 0 radical (unpaired) electrons. The molecule has 12 heteroatoms. The van der Waals surface area contributed by atoms with Crippen molar-refractivity contribution in [1.29, 1.82) is 0 Å². The topological polar surface area (TPSA) is 115 Å². The first-order valence-electron chi connectivity index (χ1n) is 8.72. The number of rotatable bonds is 4. The van der Waals surface area contributed by atoms with E-state index in [2.05, 4.69) is 0 Å². The van der Waals surface area contributed by atoms with Crippen molar-refractivity contribution in [2.75, 3.05) is 9.80 Å². The Kier molecular flexibility index (Phi) is 5.86. The smallest absolute Gasteiger partial charge is 0.335 e. The summed E-state index contributed by atoms with van der Waals surface area (Å²) in [6.45, 7) is 0. The summed E-state index contributed by atoms with van der Waals surface area (Å²) in [5.74, 6) is -3.21. The third-order valence-corrected chi connectivity index (χ3v) is 7.36. The highest BCUT2D eigenvalue weighted by Gasteiger charge is 2.43. The number of amides is 2. The first-order chi connectivity index (χ1) is 15.2. The van der Waals surface area contributed by atoms with E-state index in [0.29, 0.717) is 11.4 Å². The van der Waals surface area contributed by atoms with Crippen LogP contribution in [0, 0.1) is 0 Å². The highest BCUT2D eigenvalue weighted by atomic mass is 32.2. The van der Waals surface area contributed by atoms with Crippen LogP contribution >= 0.6 is 48.0 Å². The van der Waals surface area contributed by atoms with Gasteiger partial charge in [0.15, 0.2) is 8.64 Å². The van der Waals surface area contributed by atoms with Crippen LogP contribution in [-0.4, -0.2) is 42.6 Å². The maximum atomic E-state index is 13.1. The molecule has 8 nitrogen and oxygen atoms in total. The van der Waals surface area contributed by atoms with Crippen LogP contribution in [0.4, 0.5) is 11.4 Å². The average molecular weight is 503 g/mol. The zero-order chi connectivity index (χ0) is 23.2. The number of nitrogens with zero attached hydrogens (tertiary/aromatic N) is 2. The normalized spacial score (nSPS) is 18.6. The van der Waals surface area contributed by atoms with Gasteiger partial charge in [0.2, 0.25) is 0 Å². The van der Waals surface area contributed by atoms with Gasteiger partial charge in [-0.05, 0) is 48.5 Å². The zero-order valence-electron chi connectivity index (χ0n) is 15.7. The molecule has 0 atom stereocenters. The molecule has 0 bridgehead atoms. The summed E-state index contributed by atoms with van der Waals surface area (Å²) in [5.41, 5.74) is 0.891. The van der Waals surface area contributed by atoms with Crippen molar-refractivity contribution in [1.82, 2.24) is 0 Å². The Morgan fingerprint density at radius 1 is 0.656 bits per heavy atom. The number of anilines is 2. The van der Waals surface area contributed by atoms with E-state index >= 15 is 0 Å². The number of benzene rings is 2. The summed E-state index contributed by atoms with van der Waals surface area (Å²) in [4.78, 5) is 51.0. The SMILES string of the molecule is O=C(O)c1ccc(N2C(=O)C(=C3SC(=S)N(c4ccc(C(=O)O)cc4)C3=O)SC2=S)cc1. The van der Waals surface area contributed by atoms with Gasteiger partial charge in [0, 0.05) is 0 Å². The van der Waals surface area contributed by atoms with Crippen LogP contribution in [0.1, 0.15) is 20.7 Å². The van der Waals surface area contributed by atoms with Crippen molar-refractivity contribution in [2.45, 2.75) is 0 Å². The van der Waals surface area contributed by atoms with Gasteiger partial charge in [-0.25, -0.2) is 9.59 Å². The summed E-state index contributed by atoms with van der Waals surface area (Å²) in [6, 6.07) is 11.3. The lowest BCUT2D eigenvalue weighted by Crippen LogP contribution is -2.29. The van der Waals surface area contributed by atoms with E-state index < -0.39 is 23.8 Å². The molecule has 32 heavy (non-hydrogen) atoms. The summed E-state index contributed by atoms with van der Waals surface area (Å²) < 4.78 is 0.397. The van der Waals surface area contributed by atoms with E-state index in [1.807, 2.05) is 0 Å². The second-order valence-corrected chi connectivity index (χ2v) is 9.67. The van der Waals surface area contributed by atoms with Crippen molar-refractivity contribution in [3.05, 3.63) is 69.5 Å². The van der Waals surface area contributed by atoms with E-state index in [4.69, 9.17) is 34.6 Å². The molecule has 2 heterocycles. The largest absolute Gasteiger partial charge is 0.478 e. The Bertz CT molecular complexity index is 1160. The van der Waals surface area contributed by atoms with Gasteiger partial charge in [0.1, 0.15) is 0 Å². The fraction of sp³-hybridized carbons (Fsp3) is 0. The molecule has 0 aromatic heterocycles. The van der Waals surface area contributed by atoms with Gasteiger partial charge >= 0.3 is 11.9 Å². The predicted octanol–water partition coefficient (Wildman–Crippen LogP) is 3.72. The number of hydrogen-bond donors (Lipinski definition) is 2. The summed E-state index contributed by atoms with van der Waals surface area (Å²) >= 11 is 12.6. The quantitative estimate of drug-likeness (QED) is 0.473. The summed E-state index contributed by atoms with van der Waals surface area (Å²) in [5, 5.41) is 18.1. The maximum Gasteiger partial charge on any atom is 0.335 e. The molecular formula is C20H10N2O6S4. The Hall–Kier alpha value is -3.06. The van der Waals surface area contributed by atoms with Crippen LogP contribution in [0.2, 0.25) is 0 Å². The van der Waals surface area contributed by atoms with Crippen molar-refractivity contribution < 1.29 is 29.4 Å². The molecule has 2 fully saturated rings. The van der Waals surface area contributed by atoms with Gasteiger partial charge in [-0.15, -0.1) is 0 Å². The van der Waals surface area contributed by atoms with Crippen molar-refractivity contribution in [3.63, 3.8) is 0 Å². The van der Waals surface area contributed by atoms with Gasteiger partial charge in [-0.3, -0.25) is 19.4 Å². The number of carboxylic acids is 2. The second kappa shape index (κ2) is 8.47. The molecule has 2 saturated heterocycles. The van der Waals surface area contributed by atoms with Crippen LogP contribution in [0.5, 0.6) is 0 Å². The minimum absolute atomic E-state index is 0.0639. The number of aromatic carboxylic acids is 2.